The molecule has 0 aliphatic heterocycles. The van der Waals surface area contributed by atoms with Gasteiger partial charge in [-0.1, -0.05) is 26.7 Å². The van der Waals surface area contributed by atoms with E-state index in [1.807, 2.05) is 20.8 Å². The highest BCUT2D eigenvalue weighted by Crippen LogP contribution is 2.23. The average Bonchev–Trinajstić information content (AvgIpc) is 2.35. The first kappa shape index (κ1) is 17.4. The number of aryl methyl sites for hydroxylation is 2. The van der Waals surface area contributed by atoms with Gasteiger partial charge in [-0.25, -0.2) is 9.97 Å². The lowest BCUT2D eigenvalue weighted by Gasteiger charge is -2.26. The number of hydrazine groups is 1. The fourth-order valence-electron chi connectivity index (χ4n) is 2.49. The van der Waals surface area contributed by atoms with Crippen LogP contribution in [0.15, 0.2) is 6.07 Å². The first-order chi connectivity index (χ1) is 9.88. The highest BCUT2D eigenvalue weighted by molar-refractivity contribution is 5.78. The number of hydrogen-bond donors (Lipinski definition) is 3. The molecule has 118 valence electrons. The van der Waals surface area contributed by atoms with Gasteiger partial charge in [0.25, 0.3) is 0 Å². The van der Waals surface area contributed by atoms with E-state index in [9.17, 15) is 9.90 Å². The fraction of sp³-hybridized carbons (Fsp3) is 0.667. The molecule has 0 saturated heterocycles. The van der Waals surface area contributed by atoms with Gasteiger partial charge in [-0.15, -0.1) is 0 Å². The van der Waals surface area contributed by atoms with Crippen LogP contribution in [0, 0.1) is 13.8 Å². The first-order valence-electron chi connectivity index (χ1n) is 7.48. The van der Waals surface area contributed by atoms with Crippen molar-refractivity contribution in [2.45, 2.75) is 65.4 Å². The molecule has 1 aromatic rings. The predicted octanol–water partition coefficient (Wildman–Crippen LogP) is 2.26. The van der Waals surface area contributed by atoms with Gasteiger partial charge in [0.1, 0.15) is 11.6 Å². The summed E-state index contributed by atoms with van der Waals surface area (Å²) < 4.78 is 0. The van der Waals surface area contributed by atoms with Gasteiger partial charge in [-0.05, 0) is 26.7 Å². The highest BCUT2D eigenvalue weighted by Gasteiger charge is 2.28. The third-order valence-corrected chi connectivity index (χ3v) is 3.22. The van der Waals surface area contributed by atoms with Crippen LogP contribution in [0.1, 0.15) is 57.5 Å². The Morgan fingerprint density at radius 3 is 2.38 bits per heavy atom. The summed E-state index contributed by atoms with van der Waals surface area (Å²) in [5.74, 6) is 0.941. The second kappa shape index (κ2) is 7.93. The van der Waals surface area contributed by atoms with Crippen molar-refractivity contribution >= 4 is 11.7 Å². The van der Waals surface area contributed by atoms with E-state index in [4.69, 9.17) is 0 Å². The van der Waals surface area contributed by atoms with Gasteiger partial charge >= 0.3 is 0 Å². The summed E-state index contributed by atoms with van der Waals surface area (Å²) >= 11 is 0. The Balaban J connectivity index is 2.56. The van der Waals surface area contributed by atoms with Crippen LogP contribution in [0.4, 0.5) is 5.82 Å². The molecule has 6 heteroatoms. The highest BCUT2D eigenvalue weighted by atomic mass is 16.3. The number of nitrogens with zero attached hydrogens (tertiary/aromatic N) is 2. The molecule has 6 nitrogen and oxygen atoms in total. The SMILES string of the molecule is CCCC(O)(CCC)CC(=O)NNc1cc(C)nc(C)n1. The summed E-state index contributed by atoms with van der Waals surface area (Å²) in [4.78, 5) is 20.3. The molecule has 0 aromatic carbocycles. The molecule has 1 rings (SSSR count). The number of nitrogens with one attached hydrogen (secondary N) is 2. The van der Waals surface area contributed by atoms with Gasteiger partial charge < -0.3 is 5.11 Å². The number of rotatable bonds is 8. The Labute approximate surface area is 126 Å². The maximum Gasteiger partial charge on any atom is 0.241 e. The minimum Gasteiger partial charge on any atom is -0.389 e. The molecule has 0 saturated carbocycles. The van der Waals surface area contributed by atoms with Gasteiger partial charge in [0.15, 0.2) is 0 Å². The molecule has 1 amide bonds. The molecule has 0 unspecified atom stereocenters. The van der Waals surface area contributed by atoms with Crippen molar-refractivity contribution in [3.63, 3.8) is 0 Å². The van der Waals surface area contributed by atoms with Gasteiger partial charge in [0.05, 0.1) is 12.0 Å². The minimum atomic E-state index is -0.924. The van der Waals surface area contributed by atoms with Crippen LogP contribution in [-0.2, 0) is 4.79 Å². The zero-order valence-corrected chi connectivity index (χ0v) is 13.4. The predicted molar refractivity (Wildman–Crippen MR) is 82.7 cm³/mol. The Morgan fingerprint density at radius 2 is 1.86 bits per heavy atom. The Hall–Kier alpha value is -1.69. The number of carbonyl (C=O) groups excluding carboxylic acids is 1. The zero-order valence-electron chi connectivity index (χ0n) is 13.4. The van der Waals surface area contributed by atoms with Crippen LogP contribution in [0.2, 0.25) is 0 Å². The smallest absolute Gasteiger partial charge is 0.241 e. The molecule has 21 heavy (non-hydrogen) atoms. The van der Waals surface area contributed by atoms with E-state index in [0.29, 0.717) is 24.5 Å². The summed E-state index contributed by atoms with van der Waals surface area (Å²) in [6.07, 6.45) is 3.04. The van der Waals surface area contributed by atoms with Crippen LogP contribution >= 0.6 is 0 Å². The molecule has 0 bridgehead atoms. The van der Waals surface area contributed by atoms with E-state index in [-0.39, 0.29) is 12.3 Å². The summed E-state index contributed by atoms with van der Waals surface area (Å²) in [6, 6.07) is 1.75. The molecule has 0 spiro atoms. The third kappa shape index (κ3) is 6.08. The summed E-state index contributed by atoms with van der Waals surface area (Å²) in [5.41, 5.74) is 5.26. The molecule has 0 radical (unpaired) electrons. The van der Waals surface area contributed by atoms with Gasteiger partial charge in [0.2, 0.25) is 5.91 Å². The number of aromatic nitrogens is 2. The number of carbonyl (C=O) groups is 1. The largest absolute Gasteiger partial charge is 0.389 e. The molecule has 1 aromatic heterocycles. The number of anilines is 1. The molecule has 0 fully saturated rings. The quantitative estimate of drug-likeness (QED) is 0.640. The van der Waals surface area contributed by atoms with Crippen molar-refractivity contribution in [1.82, 2.24) is 15.4 Å². The molecule has 0 aliphatic carbocycles. The van der Waals surface area contributed by atoms with E-state index < -0.39 is 5.60 Å². The minimum absolute atomic E-state index is 0.0880. The van der Waals surface area contributed by atoms with Crippen molar-refractivity contribution in [2.75, 3.05) is 5.43 Å². The Bertz CT molecular complexity index is 450. The molecule has 0 atom stereocenters. The second-order valence-electron chi connectivity index (χ2n) is 5.52. The zero-order chi connectivity index (χ0) is 15.9. The van der Waals surface area contributed by atoms with Gasteiger partial charge in [0, 0.05) is 11.8 Å². The lowest BCUT2D eigenvalue weighted by atomic mass is 9.89. The maximum atomic E-state index is 12.0. The van der Waals surface area contributed by atoms with Crippen molar-refractivity contribution < 1.29 is 9.90 Å². The van der Waals surface area contributed by atoms with E-state index in [2.05, 4.69) is 20.8 Å². The van der Waals surface area contributed by atoms with Gasteiger partial charge in [-0.3, -0.25) is 15.6 Å². The van der Waals surface area contributed by atoms with Crippen LogP contribution in [-0.4, -0.2) is 26.6 Å². The van der Waals surface area contributed by atoms with E-state index in [1.165, 1.54) is 0 Å². The van der Waals surface area contributed by atoms with Crippen LogP contribution < -0.4 is 10.9 Å². The lowest BCUT2D eigenvalue weighted by molar-refractivity contribution is -0.126. The van der Waals surface area contributed by atoms with Crippen molar-refractivity contribution in [3.8, 4) is 0 Å². The van der Waals surface area contributed by atoms with E-state index in [1.54, 1.807) is 13.0 Å². The molecule has 0 aliphatic rings. The number of aliphatic hydroxyl groups is 1. The van der Waals surface area contributed by atoms with Crippen molar-refractivity contribution in [3.05, 3.63) is 17.6 Å². The maximum absolute atomic E-state index is 12.0. The van der Waals surface area contributed by atoms with Crippen molar-refractivity contribution in [1.29, 1.82) is 0 Å². The Morgan fingerprint density at radius 1 is 1.24 bits per heavy atom. The topological polar surface area (TPSA) is 87.1 Å². The average molecular weight is 294 g/mol. The van der Waals surface area contributed by atoms with Gasteiger partial charge in [-0.2, -0.15) is 0 Å². The molecule has 1 heterocycles. The van der Waals surface area contributed by atoms with Crippen LogP contribution in [0.5, 0.6) is 0 Å². The lowest BCUT2D eigenvalue weighted by Crippen LogP contribution is -2.39. The summed E-state index contributed by atoms with van der Waals surface area (Å²) in [7, 11) is 0. The Kier molecular flexibility index (Phi) is 6.55. The molecular formula is C15H26N4O2. The normalized spacial score (nSPS) is 11.3. The fourth-order valence-corrected chi connectivity index (χ4v) is 2.49. The number of amides is 1. The molecule has 3 N–H and O–H groups in total. The van der Waals surface area contributed by atoms with Crippen molar-refractivity contribution in [2.24, 2.45) is 0 Å². The number of hydrogen-bond acceptors (Lipinski definition) is 5. The standard InChI is InChI=1S/C15H26N4O2/c1-5-7-15(21,8-6-2)10-14(20)19-18-13-9-11(3)16-12(4)17-13/h9,21H,5-8,10H2,1-4H3,(H,19,20)(H,16,17,18). The third-order valence-electron chi connectivity index (χ3n) is 3.22. The first-order valence-corrected chi connectivity index (χ1v) is 7.48. The van der Waals surface area contributed by atoms with Crippen LogP contribution in [0.3, 0.4) is 0 Å². The monoisotopic (exact) mass is 294 g/mol. The van der Waals surface area contributed by atoms with E-state index in [0.717, 1.165) is 18.5 Å². The summed E-state index contributed by atoms with van der Waals surface area (Å²) in [6.45, 7) is 7.66. The van der Waals surface area contributed by atoms with E-state index >= 15 is 0 Å². The summed E-state index contributed by atoms with van der Waals surface area (Å²) in [5, 5.41) is 10.5. The molecular weight excluding hydrogens is 268 g/mol. The second-order valence-corrected chi connectivity index (χ2v) is 5.52. The van der Waals surface area contributed by atoms with Crippen LogP contribution in [0.25, 0.3) is 0 Å².